The lowest BCUT2D eigenvalue weighted by atomic mass is 9.92. The van der Waals surface area contributed by atoms with E-state index in [1.807, 2.05) is 6.07 Å². The van der Waals surface area contributed by atoms with E-state index in [2.05, 4.69) is 5.32 Å². The number of furan rings is 1. The predicted molar refractivity (Wildman–Crippen MR) is 61.2 cm³/mol. The van der Waals surface area contributed by atoms with Crippen molar-refractivity contribution in [3.63, 3.8) is 0 Å². The molecule has 0 radical (unpaired) electrons. The first-order valence-corrected chi connectivity index (χ1v) is 5.86. The third-order valence-electron chi connectivity index (χ3n) is 3.04. The minimum absolute atomic E-state index is 0.234. The van der Waals surface area contributed by atoms with Gasteiger partial charge in [0.2, 0.25) is 0 Å². The first kappa shape index (κ1) is 11.0. The van der Waals surface area contributed by atoms with E-state index >= 15 is 0 Å². The summed E-state index contributed by atoms with van der Waals surface area (Å²) in [6, 6.07) is 4.36. The topological polar surface area (TPSA) is 51.2 Å². The molecule has 0 amide bonds. The standard InChI is InChI=1S/C11H17ClN2O/c12-11-5-4-10(15-11)8(6-13)7-14-9-2-1-3-9/h4-5,8-9,14H,1-3,6-7,13H2. The molecule has 1 atom stereocenters. The van der Waals surface area contributed by atoms with E-state index in [9.17, 15) is 0 Å². The highest BCUT2D eigenvalue weighted by Crippen LogP contribution is 2.22. The Hall–Kier alpha value is -0.510. The van der Waals surface area contributed by atoms with Gasteiger partial charge in [0.1, 0.15) is 5.76 Å². The lowest BCUT2D eigenvalue weighted by Crippen LogP contribution is -2.38. The molecule has 1 aliphatic rings. The van der Waals surface area contributed by atoms with E-state index in [1.165, 1.54) is 19.3 Å². The Labute approximate surface area is 95.0 Å². The van der Waals surface area contributed by atoms with Gasteiger partial charge >= 0.3 is 0 Å². The zero-order valence-corrected chi connectivity index (χ0v) is 9.46. The Morgan fingerprint density at radius 1 is 1.53 bits per heavy atom. The maximum Gasteiger partial charge on any atom is 0.193 e. The van der Waals surface area contributed by atoms with Crippen LogP contribution in [0, 0.1) is 0 Å². The second-order valence-electron chi connectivity index (χ2n) is 4.11. The normalized spacial score (nSPS) is 18.8. The van der Waals surface area contributed by atoms with Crippen molar-refractivity contribution in [3.05, 3.63) is 23.1 Å². The van der Waals surface area contributed by atoms with Crippen LogP contribution in [-0.4, -0.2) is 19.1 Å². The monoisotopic (exact) mass is 228 g/mol. The number of nitrogens with two attached hydrogens (primary N) is 1. The smallest absolute Gasteiger partial charge is 0.193 e. The summed E-state index contributed by atoms with van der Waals surface area (Å²) in [5.41, 5.74) is 5.72. The zero-order chi connectivity index (χ0) is 10.7. The third kappa shape index (κ3) is 2.74. The summed E-state index contributed by atoms with van der Waals surface area (Å²) in [5, 5.41) is 3.93. The van der Waals surface area contributed by atoms with Gasteiger partial charge in [-0.3, -0.25) is 0 Å². The van der Waals surface area contributed by atoms with E-state index in [-0.39, 0.29) is 5.92 Å². The van der Waals surface area contributed by atoms with Crippen molar-refractivity contribution in [1.29, 1.82) is 0 Å². The Morgan fingerprint density at radius 3 is 2.80 bits per heavy atom. The molecule has 84 valence electrons. The van der Waals surface area contributed by atoms with Gasteiger partial charge in [-0.1, -0.05) is 6.42 Å². The third-order valence-corrected chi connectivity index (χ3v) is 3.24. The number of nitrogens with one attached hydrogen (secondary N) is 1. The number of hydrogen-bond acceptors (Lipinski definition) is 3. The summed E-state index contributed by atoms with van der Waals surface area (Å²) in [5.74, 6) is 1.12. The Balaban J connectivity index is 1.85. The highest BCUT2D eigenvalue weighted by atomic mass is 35.5. The van der Waals surface area contributed by atoms with Gasteiger partial charge in [0.25, 0.3) is 0 Å². The van der Waals surface area contributed by atoms with Crippen LogP contribution in [0.15, 0.2) is 16.5 Å². The van der Waals surface area contributed by atoms with Crippen LogP contribution >= 0.6 is 11.6 Å². The maximum absolute atomic E-state index is 5.73. The zero-order valence-electron chi connectivity index (χ0n) is 8.71. The van der Waals surface area contributed by atoms with Crippen LogP contribution < -0.4 is 11.1 Å². The molecule has 4 heteroatoms. The van der Waals surface area contributed by atoms with E-state index in [4.69, 9.17) is 21.8 Å². The van der Waals surface area contributed by atoms with Gasteiger partial charge in [0.05, 0.1) is 0 Å². The minimum Gasteiger partial charge on any atom is -0.449 e. The molecule has 1 unspecified atom stereocenters. The van der Waals surface area contributed by atoms with E-state index < -0.39 is 0 Å². The van der Waals surface area contributed by atoms with Gasteiger partial charge in [-0.2, -0.15) is 0 Å². The molecule has 1 aromatic heterocycles. The molecule has 0 aliphatic heterocycles. The van der Waals surface area contributed by atoms with Gasteiger partial charge in [0, 0.05) is 25.0 Å². The fourth-order valence-corrected chi connectivity index (χ4v) is 1.92. The van der Waals surface area contributed by atoms with Gasteiger partial charge < -0.3 is 15.5 Å². The van der Waals surface area contributed by atoms with Crippen LogP contribution in [0.25, 0.3) is 0 Å². The van der Waals surface area contributed by atoms with Gasteiger partial charge in [-0.25, -0.2) is 0 Å². The van der Waals surface area contributed by atoms with Crippen LogP contribution in [0.2, 0.25) is 5.22 Å². The van der Waals surface area contributed by atoms with Crippen molar-refractivity contribution in [2.45, 2.75) is 31.2 Å². The largest absolute Gasteiger partial charge is 0.449 e. The summed E-state index contributed by atoms with van der Waals surface area (Å²) >= 11 is 5.73. The molecule has 1 fully saturated rings. The SMILES string of the molecule is NCC(CNC1CCC1)c1ccc(Cl)o1. The molecule has 1 heterocycles. The molecule has 3 nitrogen and oxygen atoms in total. The van der Waals surface area contributed by atoms with E-state index in [1.54, 1.807) is 6.07 Å². The number of rotatable bonds is 5. The molecule has 0 spiro atoms. The van der Waals surface area contributed by atoms with Crippen molar-refractivity contribution in [2.75, 3.05) is 13.1 Å². The molecule has 15 heavy (non-hydrogen) atoms. The first-order chi connectivity index (χ1) is 7.29. The summed E-state index contributed by atoms with van der Waals surface area (Å²) in [6.07, 6.45) is 3.92. The van der Waals surface area contributed by atoms with Crippen molar-refractivity contribution in [3.8, 4) is 0 Å². The molecule has 2 rings (SSSR count). The van der Waals surface area contributed by atoms with Crippen LogP contribution in [0.1, 0.15) is 30.9 Å². The average molecular weight is 229 g/mol. The molecular weight excluding hydrogens is 212 g/mol. The van der Waals surface area contributed by atoms with Crippen molar-refractivity contribution in [2.24, 2.45) is 5.73 Å². The molecule has 1 aliphatic carbocycles. The predicted octanol–water partition coefficient (Wildman–Crippen LogP) is 2.12. The van der Waals surface area contributed by atoms with E-state index in [0.29, 0.717) is 17.8 Å². The lowest BCUT2D eigenvalue weighted by Gasteiger charge is -2.28. The molecule has 0 bridgehead atoms. The van der Waals surface area contributed by atoms with E-state index in [0.717, 1.165) is 12.3 Å². The Morgan fingerprint density at radius 2 is 2.33 bits per heavy atom. The highest BCUT2D eigenvalue weighted by molar-refractivity contribution is 6.28. The first-order valence-electron chi connectivity index (χ1n) is 5.48. The quantitative estimate of drug-likeness (QED) is 0.812. The molecular formula is C11H17ClN2O. The van der Waals surface area contributed by atoms with Crippen LogP contribution in [0.5, 0.6) is 0 Å². The maximum atomic E-state index is 5.73. The van der Waals surface area contributed by atoms with Crippen LogP contribution in [-0.2, 0) is 0 Å². The number of halogens is 1. The van der Waals surface area contributed by atoms with Crippen LogP contribution in [0.4, 0.5) is 0 Å². The number of hydrogen-bond donors (Lipinski definition) is 2. The molecule has 3 N–H and O–H groups in total. The van der Waals surface area contributed by atoms with Crippen molar-refractivity contribution >= 4 is 11.6 Å². The summed E-state index contributed by atoms with van der Waals surface area (Å²) in [7, 11) is 0. The summed E-state index contributed by atoms with van der Waals surface area (Å²) in [4.78, 5) is 0. The average Bonchev–Trinajstić information content (AvgIpc) is 2.56. The van der Waals surface area contributed by atoms with Crippen molar-refractivity contribution < 1.29 is 4.42 Å². The Kier molecular flexibility index (Phi) is 3.67. The molecule has 0 saturated heterocycles. The highest BCUT2D eigenvalue weighted by Gasteiger charge is 2.20. The van der Waals surface area contributed by atoms with Crippen molar-refractivity contribution in [1.82, 2.24) is 5.32 Å². The van der Waals surface area contributed by atoms with Gasteiger partial charge in [-0.05, 0) is 36.6 Å². The molecule has 1 saturated carbocycles. The summed E-state index contributed by atoms with van der Waals surface area (Å²) < 4.78 is 5.37. The summed E-state index contributed by atoms with van der Waals surface area (Å²) in [6.45, 7) is 1.47. The van der Waals surface area contributed by atoms with Gasteiger partial charge in [-0.15, -0.1) is 0 Å². The second-order valence-corrected chi connectivity index (χ2v) is 4.48. The minimum atomic E-state index is 0.234. The molecule has 1 aromatic rings. The Bertz CT molecular complexity index is 309. The fraction of sp³-hybridized carbons (Fsp3) is 0.636. The second kappa shape index (κ2) is 5.01. The molecule has 0 aromatic carbocycles. The lowest BCUT2D eigenvalue weighted by molar-refractivity contribution is 0.324. The van der Waals surface area contributed by atoms with Crippen LogP contribution in [0.3, 0.4) is 0 Å². The fourth-order valence-electron chi connectivity index (χ4n) is 1.77. The van der Waals surface area contributed by atoms with Gasteiger partial charge in [0.15, 0.2) is 5.22 Å².